The van der Waals surface area contributed by atoms with E-state index in [0.717, 1.165) is 10.6 Å². The van der Waals surface area contributed by atoms with E-state index >= 15 is 0 Å². The molecule has 0 aliphatic carbocycles. The highest BCUT2D eigenvalue weighted by Crippen LogP contribution is 2.31. The molecular formula is C13H9NOS. The molecule has 0 bridgehead atoms. The van der Waals surface area contributed by atoms with Crippen LogP contribution in [0.2, 0.25) is 0 Å². The molecule has 0 aliphatic rings. The number of nitrogens with zero attached hydrogens (tertiary/aromatic N) is 1. The van der Waals surface area contributed by atoms with E-state index in [-0.39, 0.29) is 0 Å². The Bertz CT molecular complexity index is 569. The molecule has 0 radical (unpaired) electrons. The van der Waals surface area contributed by atoms with Gasteiger partial charge in [-0.2, -0.15) is 0 Å². The molecule has 0 unspecified atom stereocenters. The third-order valence-electron chi connectivity index (χ3n) is 2.40. The van der Waals surface area contributed by atoms with Crippen LogP contribution >= 0.6 is 11.3 Å². The first-order chi connectivity index (χ1) is 7.93. The second-order valence-electron chi connectivity index (χ2n) is 3.45. The molecule has 78 valence electrons. The Labute approximate surface area is 97.2 Å². The molecule has 3 rings (SSSR count). The van der Waals surface area contributed by atoms with E-state index in [0.29, 0.717) is 0 Å². The van der Waals surface area contributed by atoms with Gasteiger partial charge in [-0.1, -0.05) is 35.5 Å². The predicted molar refractivity (Wildman–Crippen MR) is 65.3 cm³/mol. The first kappa shape index (κ1) is 9.36. The van der Waals surface area contributed by atoms with Crippen molar-refractivity contribution in [3.8, 4) is 21.7 Å². The molecule has 2 aromatic heterocycles. The molecule has 2 nitrogen and oxygen atoms in total. The zero-order chi connectivity index (χ0) is 10.8. The Morgan fingerprint density at radius 2 is 1.88 bits per heavy atom. The summed E-state index contributed by atoms with van der Waals surface area (Å²) in [5.74, 6) is 0. The van der Waals surface area contributed by atoms with Crippen LogP contribution < -0.4 is 0 Å². The maximum atomic E-state index is 4.84. The van der Waals surface area contributed by atoms with Crippen molar-refractivity contribution in [3.05, 3.63) is 54.1 Å². The molecule has 0 saturated heterocycles. The highest BCUT2D eigenvalue weighted by atomic mass is 32.1. The minimum absolute atomic E-state index is 0.896. The largest absolute Gasteiger partial charge is 0.364 e. The smallest absolute Gasteiger partial charge is 0.124 e. The van der Waals surface area contributed by atoms with E-state index in [2.05, 4.69) is 28.7 Å². The summed E-state index contributed by atoms with van der Waals surface area (Å²) in [5, 5.41) is 6.07. The van der Waals surface area contributed by atoms with Gasteiger partial charge >= 0.3 is 0 Å². The van der Waals surface area contributed by atoms with Crippen LogP contribution in [0.5, 0.6) is 0 Å². The molecule has 2 heterocycles. The van der Waals surface area contributed by atoms with E-state index < -0.39 is 0 Å². The third kappa shape index (κ3) is 1.66. The molecular weight excluding hydrogens is 218 g/mol. The van der Waals surface area contributed by atoms with Crippen LogP contribution in [-0.2, 0) is 0 Å². The Kier molecular flexibility index (Phi) is 2.31. The standard InChI is InChI=1S/C13H9NOS/c1-2-4-10(5-3-1)11-8-13(16-9-11)12-6-7-15-14-12/h1-9H. The van der Waals surface area contributed by atoms with E-state index in [1.54, 1.807) is 17.6 Å². The van der Waals surface area contributed by atoms with Crippen molar-refractivity contribution in [2.24, 2.45) is 0 Å². The fraction of sp³-hybridized carbons (Fsp3) is 0. The highest BCUT2D eigenvalue weighted by Gasteiger charge is 2.06. The normalized spacial score (nSPS) is 10.5. The fourth-order valence-electron chi connectivity index (χ4n) is 1.59. The van der Waals surface area contributed by atoms with Crippen LogP contribution in [0.15, 0.2) is 58.6 Å². The van der Waals surface area contributed by atoms with Crippen molar-refractivity contribution >= 4 is 11.3 Å². The summed E-state index contributed by atoms with van der Waals surface area (Å²) < 4.78 is 4.84. The lowest BCUT2D eigenvalue weighted by Gasteiger charge is -1.94. The summed E-state index contributed by atoms with van der Waals surface area (Å²) in [5.41, 5.74) is 3.35. The molecule has 3 heteroatoms. The Balaban J connectivity index is 2.00. The van der Waals surface area contributed by atoms with Crippen molar-refractivity contribution < 1.29 is 4.52 Å². The van der Waals surface area contributed by atoms with Crippen LogP contribution in [0.25, 0.3) is 21.7 Å². The van der Waals surface area contributed by atoms with E-state index in [1.165, 1.54) is 11.1 Å². The summed E-state index contributed by atoms with van der Waals surface area (Å²) in [4.78, 5) is 1.13. The molecule has 0 saturated carbocycles. The highest BCUT2D eigenvalue weighted by molar-refractivity contribution is 7.14. The Morgan fingerprint density at radius 1 is 1.00 bits per heavy atom. The molecule has 16 heavy (non-hydrogen) atoms. The van der Waals surface area contributed by atoms with Gasteiger partial charge in [0.05, 0.1) is 4.88 Å². The van der Waals surface area contributed by atoms with Gasteiger partial charge in [-0.3, -0.25) is 0 Å². The minimum atomic E-state index is 0.896. The van der Waals surface area contributed by atoms with Crippen molar-refractivity contribution in [2.75, 3.05) is 0 Å². The van der Waals surface area contributed by atoms with Gasteiger partial charge in [-0.05, 0) is 22.6 Å². The number of rotatable bonds is 2. The summed E-state index contributed by atoms with van der Waals surface area (Å²) in [6.07, 6.45) is 1.59. The Hall–Kier alpha value is -1.87. The number of hydrogen-bond donors (Lipinski definition) is 0. The summed E-state index contributed by atoms with van der Waals surface area (Å²) >= 11 is 1.68. The quantitative estimate of drug-likeness (QED) is 0.659. The predicted octanol–water partition coefficient (Wildman–Crippen LogP) is 4.07. The summed E-state index contributed by atoms with van der Waals surface area (Å²) in [6, 6.07) is 14.3. The third-order valence-corrected chi connectivity index (χ3v) is 3.35. The SMILES string of the molecule is c1ccc(-c2csc(-c3ccon3)c2)cc1. The zero-order valence-electron chi connectivity index (χ0n) is 8.46. The second-order valence-corrected chi connectivity index (χ2v) is 4.36. The van der Waals surface area contributed by atoms with Gasteiger partial charge in [0.1, 0.15) is 12.0 Å². The molecule has 3 aromatic rings. The number of aromatic nitrogens is 1. The molecule has 0 N–H and O–H groups in total. The maximum absolute atomic E-state index is 4.84. The second kappa shape index (κ2) is 3.94. The molecule has 0 atom stereocenters. The molecule has 1 aromatic carbocycles. The van der Waals surface area contributed by atoms with Crippen LogP contribution in [0.4, 0.5) is 0 Å². The molecule has 0 fully saturated rings. The number of benzene rings is 1. The fourth-order valence-corrected chi connectivity index (χ4v) is 2.47. The zero-order valence-corrected chi connectivity index (χ0v) is 9.28. The lowest BCUT2D eigenvalue weighted by atomic mass is 10.1. The Morgan fingerprint density at radius 3 is 2.62 bits per heavy atom. The van der Waals surface area contributed by atoms with Gasteiger partial charge in [0.15, 0.2) is 0 Å². The monoisotopic (exact) mass is 227 g/mol. The lowest BCUT2D eigenvalue weighted by Crippen LogP contribution is -1.71. The van der Waals surface area contributed by atoms with Gasteiger partial charge < -0.3 is 4.52 Å². The summed E-state index contributed by atoms with van der Waals surface area (Å²) in [6.45, 7) is 0. The number of hydrogen-bond acceptors (Lipinski definition) is 3. The lowest BCUT2D eigenvalue weighted by molar-refractivity contribution is 0.422. The maximum Gasteiger partial charge on any atom is 0.124 e. The van der Waals surface area contributed by atoms with Crippen molar-refractivity contribution in [1.29, 1.82) is 0 Å². The number of thiophene rings is 1. The molecule has 0 spiro atoms. The van der Waals surface area contributed by atoms with Gasteiger partial charge in [0.25, 0.3) is 0 Å². The molecule has 0 aliphatic heterocycles. The van der Waals surface area contributed by atoms with Crippen LogP contribution in [-0.4, -0.2) is 5.16 Å². The average Bonchev–Trinajstić information content (AvgIpc) is 3.01. The van der Waals surface area contributed by atoms with E-state index in [9.17, 15) is 0 Å². The first-order valence-electron chi connectivity index (χ1n) is 4.98. The van der Waals surface area contributed by atoms with Crippen molar-refractivity contribution in [2.45, 2.75) is 0 Å². The first-order valence-corrected chi connectivity index (χ1v) is 5.86. The van der Waals surface area contributed by atoms with Crippen LogP contribution in [0.3, 0.4) is 0 Å². The van der Waals surface area contributed by atoms with Gasteiger partial charge in [-0.25, -0.2) is 0 Å². The van der Waals surface area contributed by atoms with E-state index in [1.807, 2.05) is 24.3 Å². The molecule has 0 amide bonds. The summed E-state index contributed by atoms with van der Waals surface area (Å²) in [7, 11) is 0. The van der Waals surface area contributed by atoms with Crippen molar-refractivity contribution in [3.63, 3.8) is 0 Å². The van der Waals surface area contributed by atoms with Crippen LogP contribution in [0.1, 0.15) is 0 Å². The van der Waals surface area contributed by atoms with E-state index in [4.69, 9.17) is 4.52 Å². The van der Waals surface area contributed by atoms with Gasteiger partial charge in [-0.15, -0.1) is 11.3 Å². The van der Waals surface area contributed by atoms with Crippen LogP contribution in [0, 0.1) is 0 Å². The van der Waals surface area contributed by atoms with Crippen molar-refractivity contribution in [1.82, 2.24) is 5.16 Å². The van der Waals surface area contributed by atoms with Gasteiger partial charge in [0.2, 0.25) is 0 Å². The minimum Gasteiger partial charge on any atom is -0.364 e. The topological polar surface area (TPSA) is 26.0 Å². The average molecular weight is 227 g/mol. The van der Waals surface area contributed by atoms with Gasteiger partial charge in [0, 0.05) is 6.07 Å².